The summed E-state index contributed by atoms with van der Waals surface area (Å²) in [4.78, 5) is 0. The van der Waals surface area contributed by atoms with E-state index in [4.69, 9.17) is 34.8 Å². The Balaban J connectivity index is 1.98. The molecule has 0 saturated heterocycles. The first kappa shape index (κ1) is 15.4. The summed E-state index contributed by atoms with van der Waals surface area (Å²) in [5, 5.41) is 5.33. The van der Waals surface area contributed by atoms with Crippen molar-refractivity contribution in [3.63, 3.8) is 0 Å². The predicted octanol–water partition coefficient (Wildman–Crippen LogP) is 5.71. The Bertz CT molecular complexity index is 439. The highest BCUT2D eigenvalue weighted by Gasteiger charge is 2.31. The zero-order chi connectivity index (χ0) is 13.9. The van der Waals surface area contributed by atoms with Crippen LogP contribution in [0.1, 0.15) is 44.6 Å². The molecule has 0 radical (unpaired) electrons. The second-order valence-corrected chi connectivity index (χ2v) is 6.68. The molecule has 1 aliphatic carbocycles. The number of halogens is 3. The number of nitrogens with one attached hydrogen (secondary N) is 1. The van der Waals surface area contributed by atoms with Gasteiger partial charge in [0.25, 0.3) is 0 Å². The van der Waals surface area contributed by atoms with Crippen molar-refractivity contribution in [2.45, 2.75) is 45.6 Å². The first-order valence-corrected chi connectivity index (χ1v) is 8.04. The molecule has 106 valence electrons. The van der Waals surface area contributed by atoms with Gasteiger partial charge in [-0.1, -0.05) is 54.6 Å². The predicted molar refractivity (Wildman–Crippen MR) is 84.4 cm³/mol. The third-order valence-electron chi connectivity index (χ3n) is 4.35. The second-order valence-electron chi connectivity index (χ2n) is 5.49. The molecular formula is C15H20Cl3N. The summed E-state index contributed by atoms with van der Waals surface area (Å²) in [6.07, 6.45) is 6.60. The monoisotopic (exact) mass is 319 g/mol. The average molecular weight is 321 g/mol. The highest BCUT2D eigenvalue weighted by Crippen LogP contribution is 2.40. The molecule has 0 spiro atoms. The van der Waals surface area contributed by atoms with Crippen LogP contribution < -0.4 is 5.32 Å². The first-order valence-electron chi connectivity index (χ1n) is 6.91. The second kappa shape index (κ2) is 6.67. The number of hydrogen-bond acceptors (Lipinski definition) is 1. The van der Waals surface area contributed by atoms with Crippen LogP contribution in [-0.2, 0) is 6.54 Å². The molecule has 1 saturated carbocycles. The summed E-state index contributed by atoms with van der Waals surface area (Å²) in [6.45, 7) is 4.00. The maximum absolute atomic E-state index is 6.21. The van der Waals surface area contributed by atoms with Crippen LogP contribution in [-0.4, -0.2) is 6.54 Å². The lowest BCUT2D eigenvalue weighted by Crippen LogP contribution is -2.31. The van der Waals surface area contributed by atoms with E-state index in [1.165, 1.54) is 32.1 Å². The molecule has 1 N–H and O–H groups in total. The molecule has 4 heteroatoms. The average Bonchev–Trinajstić information content (AvgIpc) is 2.88. The minimum atomic E-state index is 0.470. The lowest BCUT2D eigenvalue weighted by Gasteiger charge is -2.28. The SMILES string of the molecule is CCC1(CNCc2c(Cl)ccc(Cl)c2Cl)CCCC1. The number of hydrogen-bond donors (Lipinski definition) is 1. The van der Waals surface area contributed by atoms with E-state index < -0.39 is 0 Å². The van der Waals surface area contributed by atoms with Crippen molar-refractivity contribution >= 4 is 34.8 Å². The van der Waals surface area contributed by atoms with Crippen molar-refractivity contribution in [1.82, 2.24) is 5.32 Å². The molecule has 0 heterocycles. The van der Waals surface area contributed by atoms with E-state index in [0.29, 0.717) is 27.0 Å². The molecule has 1 nitrogen and oxygen atoms in total. The van der Waals surface area contributed by atoms with Gasteiger partial charge in [-0.3, -0.25) is 0 Å². The largest absolute Gasteiger partial charge is 0.312 e. The van der Waals surface area contributed by atoms with Gasteiger partial charge in [0, 0.05) is 23.7 Å². The summed E-state index contributed by atoms with van der Waals surface area (Å²) >= 11 is 18.4. The molecule has 1 aliphatic rings. The molecule has 1 fully saturated rings. The van der Waals surface area contributed by atoms with E-state index in [2.05, 4.69) is 12.2 Å². The number of rotatable bonds is 5. The van der Waals surface area contributed by atoms with Crippen molar-refractivity contribution in [3.05, 3.63) is 32.8 Å². The van der Waals surface area contributed by atoms with Crippen molar-refractivity contribution in [1.29, 1.82) is 0 Å². The summed E-state index contributed by atoms with van der Waals surface area (Å²) in [6, 6.07) is 3.54. The Labute approximate surface area is 130 Å². The van der Waals surface area contributed by atoms with Crippen molar-refractivity contribution in [3.8, 4) is 0 Å². The molecule has 1 aromatic carbocycles. The van der Waals surface area contributed by atoms with Gasteiger partial charge in [-0.25, -0.2) is 0 Å². The Hall–Kier alpha value is 0.0500. The number of benzene rings is 1. The first-order chi connectivity index (χ1) is 9.08. The van der Waals surface area contributed by atoms with Gasteiger partial charge in [0.2, 0.25) is 0 Å². The molecule has 1 aromatic rings. The molecule has 2 rings (SSSR count). The van der Waals surface area contributed by atoms with Gasteiger partial charge < -0.3 is 5.32 Å². The molecule has 0 amide bonds. The summed E-state index contributed by atoms with van der Waals surface area (Å²) in [5.41, 5.74) is 1.37. The van der Waals surface area contributed by atoms with Gasteiger partial charge in [0.15, 0.2) is 0 Å². The van der Waals surface area contributed by atoms with E-state index in [1.807, 2.05) is 0 Å². The third kappa shape index (κ3) is 3.58. The fourth-order valence-corrected chi connectivity index (χ4v) is 3.65. The van der Waals surface area contributed by atoms with Crippen LogP contribution in [0.5, 0.6) is 0 Å². The quantitative estimate of drug-likeness (QED) is 0.685. The molecule has 19 heavy (non-hydrogen) atoms. The molecule has 0 unspecified atom stereocenters. The van der Waals surface area contributed by atoms with Gasteiger partial charge in [0.05, 0.1) is 10.0 Å². The highest BCUT2D eigenvalue weighted by molar-refractivity contribution is 6.44. The Morgan fingerprint density at radius 3 is 2.37 bits per heavy atom. The van der Waals surface area contributed by atoms with E-state index in [-0.39, 0.29) is 0 Å². The maximum Gasteiger partial charge on any atom is 0.0652 e. The smallest absolute Gasteiger partial charge is 0.0652 e. The van der Waals surface area contributed by atoms with E-state index in [1.54, 1.807) is 12.1 Å². The Morgan fingerprint density at radius 1 is 1.11 bits per heavy atom. The van der Waals surface area contributed by atoms with Gasteiger partial charge in [-0.2, -0.15) is 0 Å². The van der Waals surface area contributed by atoms with Crippen LogP contribution in [0.15, 0.2) is 12.1 Å². The van der Waals surface area contributed by atoms with Gasteiger partial charge >= 0.3 is 0 Å². The summed E-state index contributed by atoms with van der Waals surface area (Å²) in [5.74, 6) is 0. The Morgan fingerprint density at radius 2 is 1.74 bits per heavy atom. The van der Waals surface area contributed by atoms with Crippen LogP contribution in [0.4, 0.5) is 0 Å². The topological polar surface area (TPSA) is 12.0 Å². The van der Waals surface area contributed by atoms with Crippen LogP contribution in [0, 0.1) is 5.41 Å². The fourth-order valence-electron chi connectivity index (χ4n) is 2.96. The van der Waals surface area contributed by atoms with E-state index in [0.717, 1.165) is 12.1 Å². The zero-order valence-corrected chi connectivity index (χ0v) is 13.5. The third-order valence-corrected chi connectivity index (χ3v) is 5.55. The maximum atomic E-state index is 6.21. The van der Waals surface area contributed by atoms with E-state index >= 15 is 0 Å². The lowest BCUT2D eigenvalue weighted by atomic mass is 9.83. The molecule has 0 atom stereocenters. The van der Waals surface area contributed by atoms with Crippen LogP contribution >= 0.6 is 34.8 Å². The summed E-state index contributed by atoms with van der Waals surface area (Å²) < 4.78 is 0. The van der Waals surface area contributed by atoms with Crippen molar-refractivity contribution < 1.29 is 0 Å². The molecule has 0 aromatic heterocycles. The van der Waals surface area contributed by atoms with Crippen LogP contribution in [0.25, 0.3) is 0 Å². The standard InChI is InChI=1S/C15H20Cl3N/c1-2-15(7-3-4-8-15)10-19-9-11-12(16)5-6-13(17)14(11)18/h5-6,19H,2-4,7-10H2,1H3. The Kier molecular flexibility index (Phi) is 5.42. The molecule has 0 bridgehead atoms. The van der Waals surface area contributed by atoms with Crippen molar-refractivity contribution in [2.75, 3.05) is 6.54 Å². The fraction of sp³-hybridized carbons (Fsp3) is 0.600. The molecule has 0 aliphatic heterocycles. The van der Waals surface area contributed by atoms with E-state index in [9.17, 15) is 0 Å². The normalized spacial score (nSPS) is 17.9. The van der Waals surface area contributed by atoms with Crippen LogP contribution in [0.2, 0.25) is 15.1 Å². The molecular weight excluding hydrogens is 301 g/mol. The minimum absolute atomic E-state index is 0.470. The van der Waals surface area contributed by atoms with Gasteiger partial charge in [-0.05, 0) is 36.8 Å². The van der Waals surface area contributed by atoms with Gasteiger partial charge in [0.1, 0.15) is 0 Å². The highest BCUT2D eigenvalue weighted by atomic mass is 35.5. The van der Waals surface area contributed by atoms with Crippen molar-refractivity contribution in [2.24, 2.45) is 5.41 Å². The summed E-state index contributed by atoms with van der Waals surface area (Å²) in [7, 11) is 0. The van der Waals surface area contributed by atoms with Crippen LogP contribution in [0.3, 0.4) is 0 Å². The lowest BCUT2D eigenvalue weighted by molar-refractivity contribution is 0.268. The zero-order valence-electron chi connectivity index (χ0n) is 11.2. The minimum Gasteiger partial charge on any atom is -0.312 e. The van der Waals surface area contributed by atoms with Gasteiger partial charge in [-0.15, -0.1) is 0 Å².